The second kappa shape index (κ2) is 7.52. The number of rotatable bonds is 7. The zero-order valence-corrected chi connectivity index (χ0v) is 12.4. The standard InChI is InChI=1S/C12H18N2O3S2/c1-19(16,17)14-8-2-7-13-12(15)9-10-3-5-11(18)6-4-10/h3-6,14,18H,2,7-9H2,1H3,(H,13,15). The van der Waals surface area contributed by atoms with Crippen LogP contribution < -0.4 is 10.0 Å². The lowest BCUT2D eigenvalue weighted by molar-refractivity contribution is -0.120. The lowest BCUT2D eigenvalue weighted by atomic mass is 10.1. The van der Waals surface area contributed by atoms with Crippen LogP contribution in [0.5, 0.6) is 0 Å². The molecule has 0 bridgehead atoms. The summed E-state index contributed by atoms with van der Waals surface area (Å²) in [6, 6.07) is 7.38. The summed E-state index contributed by atoms with van der Waals surface area (Å²) >= 11 is 4.17. The lowest BCUT2D eigenvalue weighted by Crippen LogP contribution is -2.30. The summed E-state index contributed by atoms with van der Waals surface area (Å²) in [5, 5.41) is 2.74. The summed E-state index contributed by atoms with van der Waals surface area (Å²) in [4.78, 5) is 12.4. The summed E-state index contributed by atoms with van der Waals surface area (Å²) < 4.78 is 23.9. The first-order valence-corrected chi connectivity index (χ1v) is 8.20. The van der Waals surface area contributed by atoms with Crippen molar-refractivity contribution in [2.45, 2.75) is 17.7 Å². The second-order valence-corrected chi connectivity index (χ2v) is 6.56. The van der Waals surface area contributed by atoms with Gasteiger partial charge in [0.2, 0.25) is 15.9 Å². The van der Waals surface area contributed by atoms with Crippen molar-refractivity contribution in [1.29, 1.82) is 0 Å². The minimum atomic E-state index is -3.15. The van der Waals surface area contributed by atoms with Crippen LogP contribution in [0.2, 0.25) is 0 Å². The number of nitrogens with one attached hydrogen (secondary N) is 2. The van der Waals surface area contributed by atoms with Gasteiger partial charge in [0.25, 0.3) is 0 Å². The molecule has 0 heterocycles. The summed E-state index contributed by atoms with van der Waals surface area (Å²) in [7, 11) is -3.15. The van der Waals surface area contributed by atoms with E-state index in [0.29, 0.717) is 25.9 Å². The Morgan fingerprint density at radius 1 is 1.21 bits per heavy atom. The predicted octanol–water partition coefficient (Wildman–Crippen LogP) is 0.573. The van der Waals surface area contributed by atoms with E-state index in [4.69, 9.17) is 0 Å². The van der Waals surface area contributed by atoms with E-state index in [1.165, 1.54) is 0 Å². The maximum absolute atomic E-state index is 11.6. The molecule has 1 rings (SSSR count). The smallest absolute Gasteiger partial charge is 0.224 e. The van der Waals surface area contributed by atoms with E-state index < -0.39 is 10.0 Å². The average Bonchev–Trinajstić information content (AvgIpc) is 2.30. The Hall–Kier alpha value is -1.05. The van der Waals surface area contributed by atoms with Crippen molar-refractivity contribution in [3.63, 3.8) is 0 Å². The molecule has 7 heteroatoms. The van der Waals surface area contributed by atoms with Crippen LogP contribution in [0, 0.1) is 0 Å². The van der Waals surface area contributed by atoms with Gasteiger partial charge in [-0.05, 0) is 24.1 Å². The van der Waals surface area contributed by atoms with Gasteiger partial charge in [-0.2, -0.15) is 0 Å². The maximum atomic E-state index is 11.6. The van der Waals surface area contributed by atoms with E-state index in [9.17, 15) is 13.2 Å². The molecular weight excluding hydrogens is 284 g/mol. The molecule has 1 amide bonds. The zero-order chi connectivity index (χ0) is 14.3. The maximum Gasteiger partial charge on any atom is 0.224 e. The third kappa shape index (κ3) is 7.86. The Labute approximate surface area is 119 Å². The van der Waals surface area contributed by atoms with Gasteiger partial charge in [0, 0.05) is 18.0 Å². The molecule has 2 N–H and O–H groups in total. The molecule has 0 aliphatic heterocycles. The van der Waals surface area contributed by atoms with Crippen LogP contribution >= 0.6 is 12.6 Å². The number of hydrogen-bond donors (Lipinski definition) is 3. The summed E-state index contributed by atoms with van der Waals surface area (Å²) in [5.41, 5.74) is 0.921. The van der Waals surface area contributed by atoms with Crippen molar-refractivity contribution in [3.05, 3.63) is 29.8 Å². The summed E-state index contributed by atoms with van der Waals surface area (Å²) in [6.45, 7) is 0.777. The van der Waals surface area contributed by atoms with E-state index in [1.807, 2.05) is 24.3 Å². The Kier molecular flexibility index (Phi) is 6.33. The fraction of sp³-hybridized carbons (Fsp3) is 0.417. The summed E-state index contributed by atoms with van der Waals surface area (Å²) in [5.74, 6) is -0.0775. The van der Waals surface area contributed by atoms with Crippen molar-refractivity contribution < 1.29 is 13.2 Å². The highest BCUT2D eigenvalue weighted by Gasteiger charge is 2.03. The Bertz CT molecular complexity index is 512. The molecule has 0 unspecified atom stereocenters. The minimum Gasteiger partial charge on any atom is -0.356 e. The van der Waals surface area contributed by atoms with Crippen molar-refractivity contribution in [2.24, 2.45) is 0 Å². The van der Waals surface area contributed by atoms with Gasteiger partial charge in [-0.3, -0.25) is 4.79 Å². The highest BCUT2D eigenvalue weighted by Crippen LogP contribution is 2.07. The molecule has 0 aromatic heterocycles. The second-order valence-electron chi connectivity index (χ2n) is 4.21. The van der Waals surface area contributed by atoms with Crippen LogP contribution in [0.25, 0.3) is 0 Å². The van der Waals surface area contributed by atoms with Crippen molar-refractivity contribution >= 4 is 28.6 Å². The molecule has 0 atom stereocenters. The third-order valence-corrected chi connectivity index (χ3v) is 3.37. The van der Waals surface area contributed by atoms with Crippen molar-refractivity contribution in [2.75, 3.05) is 19.3 Å². The number of thiol groups is 1. The van der Waals surface area contributed by atoms with Gasteiger partial charge in [0.05, 0.1) is 12.7 Å². The van der Waals surface area contributed by atoms with Crippen molar-refractivity contribution in [3.8, 4) is 0 Å². The molecule has 0 fully saturated rings. The number of hydrogen-bond acceptors (Lipinski definition) is 4. The van der Waals surface area contributed by atoms with Crippen LogP contribution in [-0.4, -0.2) is 33.7 Å². The van der Waals surface area contributed by atoms with Crippen LogP contribution in [0.3, 0.4) is 0 Å². The zero-order valence-electron chi connectivity index (χ0n) is 10.7. The number of carbonyl (C=O) groups excluding carboxylic acids is 1. The Balaban J connectivity index is 2.20. The molecule has 5 nitrogen and oxygen atoms in total. The Morgan fingerprint density at radius 3 is 2.42 bits per heavy atom. The predicted molar refractivity (Wildman–Crippen MR) is 77.9 cm³/mol. The molecule has 0 radical (unpaired) electrons. The molecule has 1 aromatic carbocycles. The van der Waals surface area contributed by atoms with Gasteiger partial charge in [0.15, 0.2) is 0 Å². The van der Waals surface area contributed by atoms with Gasteiger partial charge < -0.3 is 5.32 Å². The SMILES string of the molecule is CS(=O)(=O)NCCCNC(=O)Cc1ccc(S)cc1. The van der Waals surface area contributed by atoms with E-state index in [2.05, 4.69) is 22.7 Å². The first kappa shape index (κ1) is 16.0. The molecule has 0 aliphatic carbocycles. The highest BCUT2D eigenvalue weighted by molar-refractivity contribution is 7.88. The highest BCUT2D eigenvalue weighted by atomic mass is 32.2. The third-order valence-electron chi connectivity index (χ3n) is 2.34. The Morgan fingerprint density at radius 2 is 1.84 bits per heavy atom. The first-order chi connectivity index (χ1) is 8.87. The van der Waals surface area contributed by atoms with E-state index in [0.717, 1.165) is 16.7 Å². The van der Waals surface area contributed by atoms with Gasteiger partial charge in [0.1, 0.15) is 0 Å². The fourth-order valence-corrected chi connectivity index (χ4v) is 2.10. The minimum absolute atomic E-state index is 0.0775. The van der Waals surface area contributed by atoms with Crippen LogP contribution in [0.1, 0.15) is 12.0 Å². The molecule has 106 valence electrons. The fourth-order valence-electron chi connectivity index (χ4n) is 1.44. The number of amides is 1. The van der Waals surface area contributed by atoms with Gasteiger partial charge in [-0.15, -0.1) is 12.6 Å². The number of carbonyl (C=O) groups is 1. The molecule has 0 saturated heterocycles. The molecule has 19 heavy (non-hydrogen) atoms. The van der Waals surface area contributed by atoms with Gasteiger partial charge >= 0.3 is 0 Å². The van der Waals surface area contributed by atoms with Gasteiger partial charge in [-0.25, -0.2) is 13.1 Å². The van der Waals surface area contributed by atoms with E-state index >= 15 is 0 Å². The molecule has 1 aromatic rings. The largest absolute Gasteiger partial charge is 0.356 e. The van der Waals surface area contributed by atoms with Crippen molar-refractivity contribution in [1.82, 2.24) is 10.0 Å². The molecular formula is C12H18N2O3S2. The van der Waals surface area contributed by atoms with Crippen LogP contribution in [-0.2, 0) is 21.2 Å². The van der Waals surface area contributed by atoms with Crippen LogP contribution in [0.4, 0.5) is 0 Å². The molecule has 0 spiro atoms. The molecule has 0 saturated carbocycles. The average molecular weight is 302 g/mol. The van der Waals surface area contributed by atoms with Gasteiger partial charge in [-0.1, -0.05) is 12.1 Å². The summed E-state index contributed by atoms with van der Waals surface area (Å²) in [6.07, 6.45) is 1.98. The first-order valence-electron chi connectivity index (χ1n) is 5.86. The monoisotopic (exact) mass is 302 g/mol. The van der Waals surface area contributed by atoms with E-state index in [-0.39, 0.29) is 5.91 Å². The quantitative estimate of drug-likeness (QED) is 0.509. The topological polar surface area (TPSA) is 75.3 Å². The molecule has 0 aliphatic rings. The normalized spacial score (nSPS) is 11.3. The van der Waals surface area contributed by atoms with Crippen LogP contribution in [0.15, 0.2) is 29.2 Å². The van der Waals surface area contributed by atoms with E-state index in [1.54, 1.807) is 0 Å². The lowest BCUT2D eigenvalue weighted by Gasteiger charge is -2.06. The number of sulfonamides is 1. The number of benzene rings is 1.